The molecule has 0 spiro atoms. The first kappa shape index (κ1) is 18.1. The van der Waals surface area contributed by atoms with Crippen LogP contribution in [0.1, 0.15) is 26.3 Å². The van der Waals surface area contributed by atoms with Crippen LogP contribution in [0.25, 0.3) is 22.6 Å². The molecule has 5 nitrogen and oxygen atoms in total. The molecule has 0 atom stereocenters. The largest absolute Gasteiger partial charge is 0.436 e. The SMILES string of the molecule is Cc1ccc2oc(-c3ccc(NC(=S)NC(=O)C(C)(C)C)cc3)nc2c1. The van der Waals surface area contributed by atoms with E-state index in [4.69, 9.17) is 16.6 Å². The number of hydrogen-bond donors (Lipinski definition) is 2. The van der Waals surface area contributed by atoms with E-state index in [1.807, 2.05) is 70.2 Å². The Morgan fingerprint density at radius 1 is 1.12 bits per heavy atom. The number of rotatable bonds is 2. The van der Waals surface area contributed by atoms with Gasteiger partial charge in [-0.1, -0.05) is 26.8 Å². The summed E-state index contributed by atoms with van der Waals surface area (Å²) in [4.78, 5) is 16.5. The lowest BCUT2D eigenvalue weighted by molar-refractivity contribution is -0.126. The molecule has 0 radical (unpaired) electrons. The molecule has 3 aromatic rings. The molecule has 26 heavy (non-hydrogen) atoms. The summed E-state index contributed by atoms with van der Waals surface area (Å²) in [6.45, 7) is 7.53. The van der Waals surface area contributed by atoms with Gasteiger partial charge in [-0.2, -0.15) is 0 Å². The number of aryl methyl sites for hydroxylation is 1. The number of thiocarbonyl (C=S) groups is 1. The van der Waals surface area contributed by atoms with E-state index in [1.54, 1.807) is 0 Å². The summed E-state index contributed by atoms with van der Waals surface area (Å²) in [7, 11) is 0. The molecule has 1 aromatic heterocycles. The third-order valence-electron chi connectivity index (χ3n) is 3.84. The number of carbonyl (C=O) groups excluding carboxylic acids is 1. The van der Waals surface area contributed by atoms with Crippen molar-refractivity contribution in [3.63, 3.8) is 0 Å². The van der Waals surface area contributed by atoms with Gasteiger partial charge in [-0.05, 0) is 61.1 Å². The summed E-state index contributed by atoms with van der Waals surface area (Å²) in [5.41, 5.74) is 3.89. The van der Waals surface area contributed by atoms with E-state index in [-0.39, 0.29) is 11.0 Å². The molecule has 0 bridgehead atoms. The van der Waals surface area contributed by atoms with Gasteiger partial charge in [-0.3, -0.25) is 4.79 Å². The van der Waals surface area contributed by atoms with Gasteiger partial charge in [0.15, 0.2) is 10.7 Å². The predicted octanol–water partition coefficient (Wildman–Crippen LogP) is 4.66. The van der Waals surface area contributed by atoms with Crippen molar-refractivity contribution < 1.29 is 9.21 Å². The maximum absolute atomic E-state index is 12.0. The molecule has 2 aromatic carbocycles. The first-order valence-electron chi connectivity index (χ1n) is 8.32. The normalized spacial score (nSPS) is 11.4. The van der Waals surface area contributed by atoms with E-state index >= 15 is 0 Å². The zero-order valence-electron chi connectivity index (χ0n) is 15.2. The summed E-state index contributed by atoms with van der Waals surface area (Å²) in [6, 6.07) is 13.4. The van der Waals surface area contributed by atoms with Crippen LogP contribution in [0, 0.1) is 12.3 Å². The predicted molar refractivity (Wildman–Crippen MR) is 108 cm³/mol. The molecule has 0 aliphatic carbocycles. The van der Waals surface area contributed by atoms with Gasteiger partial charge < -0.3 is 15.1 Å². The highest BCUT2D eigenvalue weighted by Crippen LogP contribution is 2.26. The smallest absolute Gasteiger partial charge is 0.231 e. The second-order valence-corrected chi connectivity index (χ2v) is 7.63. The summed E-state index contributed by atoms with van der Waals surface area (Å²) in [5, 5.41) is 5.97. The molecule has 3 rings (SSSR count). The fourth-order valence-electron chi connectivity index (χ4n) is 2.31. The van der Waals surface area contributed by atoms with Gasteiger partial charge in [0.1, 0.15) is 5.52 Å². The Morgan fingerprint density at radius 3 is 2.46 bits per heavy atom. The number of anilines is 1. The van der Waals surface area contributed by atoms with Gasteiger partial charge in [-0.15, -0.1) is 0 Å². The number of fused-ring (bicyclic) bond motifs is 1. The second kappa shape index (κ2) is 6.88. The fourth-order valence-corrected chi connectivity index (χ4v) is 2.52. The van der Waals surface area contributed by atoms with Crippen molar-refractivity contribution in [1.29, 1.82) is 0 Å². The topological polar surface area (TPSA) is 67.2 Å². The number of carbonyl (C=O) groups is 1. The van der Waals surface area contributed by atoms with Crippen molar-refractivity contribution >= 4 is 40.0 Å². The number of nitrogens with zero attached hydrogens (tertiary/aromatic N) is 1. The van der Waals surface area contributed by atoms with Crippen molar-refractivity contribution in [1.82, 2.24) is 10.3 Å². The van der Waals surface area contributed by atoms with Crippen LogP contribution in [0.3, 0.4) is 0 Å². The standard InChI is InChI=1S/C20H21N3O2S/c1-12-5-10-16-15(11-12)22-17(25-16)13-6-8-14(9-7-13)21-19(26)23-18(24)20(2,3)4/h5-11H,1-4H3,(H2,21,23,24,26). The van der Waals surface area contributed by atoms with Gasteiger partial charge >= 0.3 is 0 Å². The molecule has 134 valence electrons. The van der Waals surface area contributed by atoms with E-state index in [1.165, 1.54) is 0 Å². The van der Waals surface area contributed by atoms with E-state index in [0.29, 0.717) is 5.89 Å². The lowest BCUT2D eigenvalue weighted by Crippen LogP contribution is -2.41. The van der Waals surface area contributed by atoms with E-state index in [9.17, 15) is 4.79 Å². The number of aromatic nitrogens is 1. The molecule has 0 aliphatic heterocycles. The van der Waals surface area contributed by atoms with Crippen LogP contribution in [0.15, 0.2) is 46.9 Å². The molecule has 1 heterocycles. The second-order valence-electron chi connectivity index (χ2n) is 7.23. The summed E-state index contributed by atoms with van der Waals surface area (Å²) >= 11 is 5.19. The van der Waals surface area contributed by atoms with Crippen LogP contribution in [0.2, 0.25) is 0 Å². The number of oxazole rings is 1. The first-order valence-corrected chi connectivity index (χ1v) is 8.73. The van der Waals surface area contributed by atoms with Crippen LogP contribution in [-0.4, -0.2) is 16.0 Å². The zero-order valence-corrected chi connectivity index (χ0v) is 16.0. The molecular weight excluding hydrogens is 346 g/mol. The van der Waals surface area contributed by atoms with Gasteiger partial charge in [0, 0.05) is 16.7 Å². The van der Waals surface area contributed by atoms with Crippen molar-refractivity contribution in [2.24, 2.45) is 5.41 Å². The Balaban J connectivity index is 1.71. The van der Waals surface area contributed by atoms with Crippen LogP contribution < -0.4 is 10.6 Å². The van der Waals surface area contributed by atoms with Gasteiger partial charge in [0.05, 0.1) is 0 Å². The molecule has 6 heteroatoms. The quantitative estimate of drug-likeness (QED) is 0.645. The monoisotopic (exact) mass is 367 g/mol. The minimum absolute atomic E-state index is 0.131. The van der Waals surface area contributed by atoms with E-state index in [2.05, 4.69) is 15.6 Å². The first-order chi connectivity index (χ1) is 12.2. The molecule has 0 fully saturated rings. The zero-order chi connectivity index (χ0) is 18.9. The average molecular weight is 367 g/mol. The minimum Gasteiger partial charge on any atom is -0.436 e. The van der Waals surface area contributed by atoms with Crippen LogP contribution in [0.5, 0.6) is 0 Å². The Bertz CT molecular complexity index is 969. The maximum Gasteiger partial charge on any atom is 0.231 e. The maximum atomic E-state index is 12.0. The van der Waals surface area contributed by atoms with Crippen LogP contribution in [0.4, 0.5) is 5.69 Å². The number of hydrogen-bond acceptors (Lipinski definition) is 4. The lowest BCUT2D eigenvalue weighted by atomic mass is 9.96. The van der Waals surface area contributed by atoms with Crippen molar-refractivity contribution in [2.75, 3.05) is 5.32 Å². The lowest BCUT2D eigenvalue weighted by Gasteiger charge is -2.18. The Labute approximate surface area is 157 Å². The van der Waals surface area contributed by atoms with E-state index in [0.717, 1.165) is 27.9 Å². The minimum atomic E-state index is -0.499. The highest BCUT2D eigenvalue weighted by Gasteiger charge is 2.21. The van der Waals surface area contributed by atoms with Crippen molar-refractivity contribution in [3.05, 3.63) is 48.0 Å². The van der Waals surface area contributed by atoms with Gasteiger partial charge in [-0.25, -0.2) is 4.98 Å². The molecular formula is C20H21N3O2S. The van der Waals surface area contributed by atoms with Crippen LogP contribution in [-0.2, 0) is 4.79 Å². The number of nitrogens with one attached hydrogen (secondary N) is 2. The Hall–Kier alpha value is -2.73. The molecule has 0 saturated carbocycles. The molecule has 0 aliphatic rings. The Kier molecular flexibility index (Phi) is 4.78. The third kappa shape index (κ3) is 4.08. The molecule has 1 amide bonds. The Morgan fingerprint density at radius 2 is 1.81 bits per heavy atom. The van der Waals surface area contributed by atoms with Crippen molar-refractivity contribution in [3.8, 4) is 11.5 Å². The number of amides is 1. The third-order valence-corrected chi connectivity index (χ3v) is 4.05. The molecule has 0 saturated heterocycles. The van der Waals surface area contributed by atoms with Gasteiger partial charge in [0.2, 0.25) is 11.8 Å². The summed E-state index contributed by atoms with van der Waals surface area (Å²) < 4.78 is 5.81. The highest BCUT2D eigenvalue weighted by molar-refractivity contribution is 7.80. The van der Waals surface area contributed by atoms with Crippen molar-refractivity contribution in [2.45, 2.75) is 27.7 Å². The average Bonchev–Trinajstić information content (AvgIpc) is 2.97. The summed E-state index contributed by atoms with van der Waals surface area (Å²) in [6.07, 6.45) is 0. The summed E-state index contributed by atoms with van der Waals surface area (Å²) in [5.74, 6) is 0.439. The highest BCUT2D eigenvalue weighted by atomic mass is 32.1. The molecule has 0 unspecified atom stereocenters. The molecule has 2 N–H and O–H groups in total. The van der Waals surface area contributed by atoms with E-state index < -0.39 is 5.41 Å². The van der Waals surface area contributed by atoms with Gasteiger partial charge in [0.25, 0.3) is 0 Å². The fraction of sp³-hybridized carbons (Fsp3) is 0.250. The van der Waals surface area contributed by atoms with Crippen LogP contribution >= 0.6 is 12.2 Å². The number of benzene rings is 2.